The number of rotatable bonds is 8. The van der Waals surface area contributed by atoms with Gasteiger partial charge in [0.15, 0.2) is 0 Å². The van der Waals surface area contributed by atoms with Gasteiger partial charge in [-0.2, -0.15) is 0 Å². The number of aryl methyl sites for hydroxylation is 2. The molecule has 0 spiro atoms. The van der Waals surface area contributed by atoms with E-state index in [0.717, 1.165) is 31.7 Å². The van der Waals surface area contributed by atoms with Gasteiger partial charge in [0.25, 0.3) is 0 Å². The van der Waals surface area contributed by atoms with Crippen LogP contribution in [0.15, 0.2) is 46.9 Å². The quantitative estimate of drug-likeness (QED) is 0.592. The van der Waals surface area contributed by atoms with Crippen molar-refractivity contribution < 1.29 is 18.0 Å². The van der Waals surface area contributed by atoms with Gasteiger partial charge in [-0.1, -0.05) is 46.3 Å². The van der Waals surface area contributed by atoms with E-state index in [1.54, 1.807) is 32.9 Å². The van der Waals surface area contributed by atoms with Crippen molar-refractivity contribution in [3.8, 4) is 0 Å². The predicted molar refractivity (Wildman–Crippen MR) is 126 cm³/mol. The van der Waals surface area contributed by atoms with Gasteiger partial charge in [0.2, 0.25) is 21.8 Å². The number of likely N-dealkylation sites (N-methyl/N-ethyl adjacent to an activating group) is 1. The van der Waals surface area contributed by atoms with E-state index in [2.05, 4.69) is 21.2 Å². The minimum atomic E-state index is -3.74. The second-order valence-corrected chi connectivity index (χ2v) is 10.3. The molecule has 0 aliphatic carbocycles. The Bertz CT molecular complexity index is 1050. The Balaban J connectivity index is 2.45. The number of nitrogens with one attached hydrogen (secondary N) is 1. The number of carbonyl (C=O) groups excluding carboxylic acids is 2. The number of hydrogen-bond donors (Lipinski definition) is 1. The highest BCUT2D eigenvalue weighted by molar-refractivity contribution is 9.10. The summed E-state index contributed by atoms with van der Waals surface area (Å²) < 4.78 is 27.2. The molecule has 2 aromatic carbocycles. The lowest BCUT2D eigenvalue weighted by atomic mass is 10.1. The molecule has 0 aromatic heterocycles. The molecular weight excluding hydrogens is 482 g/mol. The molecule has 0 aliphatic heterocycles. The molecule has 0 fully saturated rings. The average molecular weight is 510 g/mol. The maximum Gasteiger partial charge on any atom is 0.244 e. The molecule has 0 heterocycles. The zero-order chi connectivity index (χ0) is 23.3. The summed E-state index contributed by atoms with van der Waals surface area (Å²) in [6.07, 6.45) is 1.08. The summed E-state index contributed by atoms with van der Waals surface area (Å²) in [6, 6.07) is 12.1. The average Bonchev–Trinajstić information content (AvgIpc) is 2.69. The van der Waals surface area contributed by atoms with Crippen LogP contribution in [0.1, 0.15) is 23.6 Å². The highest BCUT2D eigenvalue weighted by Gasteiger charge is 2.30. The van der Waals surface area contributed by atoms with Gasteiger partial charge in [0, 0.05) is 18.1 Å². The predicted octanol–water partition coefficient (Wildman–Crippen LogP) is 3.00. The van der Waals surface area contributed by atoms with Crippen molar-refractivity contribution in [2.75, 3.05) is 24.2 Å². The zero-order valence-corrected chi connectivity index (χ0v) is 20.7. The van der Waals surface area contributed by atoms with Crippen LogP contribution in [0.25, 0.3) is 0 Å². The molecule has 1 N–H and O–H groups in total. The van der Waals surface area contributed by atoms with E-state index in [4.69, 9.17) is 0 Å². The molecule has 0 aliphatic rings. The lowest BCUT2D eigenvalue weighted by molar-refractivity contribution is -0.139. The van der Waals surface area contributed by atoms with Crippen molar-refractivity contribution in [1.82, 2.24) is 10.2 Å². The first kappa shape index (κ1) is 24.9. The van der Waals surface area contributed by atoms with Gasteiger partial charge in [-0.05, 0) is 49.6 Å². The van der Waals surface area contributed by atoms with E-state index in [1.165, 1.54) is 11.9 Å². The van der Waals surface area contributed by atoms with E-state index < -0.39 is 28.5 Å². The lowest BCUT2D eigenvalue weighted by Gasteiger charge is -2.32. The number of carbonyl (C=O) groups is 2. The molecule has 7 nitrogen and oxygen atoms in total. The van der Waals surface area contributed by atoms with Gasteiger partial charge in [0.05, 0.1) is 11.9 Å². The second-order valence-electron chi connectivity index (χ2n) is 7.45. The summed E-state index contributed by atoms with van der Waals surface area (Å²) in [7, 11) is -2.24. The minimum Gasteiger partial charge on any atom is -0.357 e. The largest absolute Gasteiger partial charge is 0.357 e. The van der Waals surface area contributed by atoms with Crippen molar-refractivity contribution in [2.45, 2.75) is 33.4 Å². The fourth-order valence-electron chi connectivity index (χ4n) is 3.40. The molecule has 9 heteroatoms. The summed E-state index contributed by atoms with van der Waals surface area (Å²) in [5, 5.41) is 2.56. The molecule has 0 unspecified atom stereocenters. The van der Waals surface area contributed by atoms with Gasteiger partial charge < -0.3 is 10.2 Å². The molecule has 2 amide bonds. The van der Waals surface area contributed by atoms with Crippen LogP contribution in [-0.4, -0.2) is 51.0 Å². The third kappa shape index (κ3) is 6.30. The first-order chi connectivity index (χ1) is 14.5. The van der Waals surface area contributed by atoms with E-state index in [1.807, 2.05) is 30.3 Å². The first-order valence-electron chi connectivity index (χ1n) is 9.75. The van der Waals surface area contributed by atoms with Crippen molar-refractivity contribution in [2.24, 2.45) is 0 Å². The molecule has 2 rings (SSSR count). The third-order valence-electron chi connectivity index (χ3n) is 5.02. The van der Waals surface area contributed by atoms with Crippen LogP contribution in [0.5, 0.6) is 0 Å². The maximum atomic E-state index is 13.4. The molecule has 1 atom stereocenters. The number of amides is 2. The van der Waals surface area contributed by atoms with Crippen LogP contribution in [0.4, 0.5) is 5.69 Å². The molecule has 168 valence electrons. The van der Waals surface area contributed by atoms with Crippen molar-refractivity contribution in [3.63, 3.8) is 0 Å². The first-order valence-corrected chi connectivity index (χ1v) is 12.4. The van der Waals surface area contributed by atoms with Gasteiger partial charge >= 0.3 is 0 Å². The highest BCUT2D eigenvalue weighted by atomic mass is 79.9. The van der Waals surface area contributed by atoms with E-state index in [-0.39, 0.29) is 12.5 Å². The van der Waals surface area contributed by atoms with Gasteiger partial charge in [-0.15, -0.1) is 0 Å². The Morgan fingerprint density at radius 3 is 2.19 bits per heavy atom. The second kappa shape index (κ2) is 10.3. The topological polar surface area (TPSA) is 86.8 Å². The SMILES string of the molecule is CNC(=O)[C@H](C)N(Cc1cccc(Br)c1)C(=O)CN(c1c(C)cccc1C)S(C)(=O)=O. The Kier molecular flexibility index (Phi) is 8.25. The highest BCUT2D eigenvalue weighted by Crippen LogP contribution is 2.27. The zero-order valence-electron chi connectivity index (χ0n) is 18.3. The van der Waals surface area contributed by atoms with Crippen LogP contribution in [-0.2, 0) is 26.2 Å². The number of sulfonamides is 1. The number of nitrogens with zero attached hydrogens (tertiary/aromatic N) is 2. The summed E-state index contributed by atoms with van der Waals surface area (Å²) >= 11 is 3.41. The Labute approximate surface area is 192 Å². The van der Waals surface area contributed by atoms with Crippen molar-refractivity contribution in [1.29, 1.82) is 0 Å². The maximum absolute atomic E-state index is 13.4. The van der Waals surface area contributed by atoms with E-state index in [0.29, 0.717) is 5.69 Å². The minimum absolute atomic E-state index is 0.164. The smallest absolute Gasteiger partial charge is 0.244 e. The molecule has 0 saturated heterocycles. The Hall–Kier alpha value is -2.39. The summed E-state index contributed by atoms with van der Waals surface area (Å²) in [4.78, 5) is 27.1. The van der Waals surface area contributed by atoms with Crippen LogP contribution in [0.3, 0.4) is 0 Å². The van der Waals surface area contributed by atoms with Crippen LogP contribution in [0.2, 0.25) is 0 Å². The van der Waals surface area contributed by atoms with Gasteiger partial charge in [0.1, 0.15) is 12.6 Å². The Morgan fingerprint density at radius 1 is 1.10 bits per heavy atom. The molecule has 2 aromatic rings. The summed E-state index contributed by atoms with van der Waals surface area (Å²) in [5.41, 5.74) is 2.79. The van der Waals surface area contributed by atoms with Crippen molar-refractivity contribution >= 4 is 43.5 Å². The van der Waals surface area contributed by atoms with Crippen LogP contribution >= 0.6 is 15.9 Å². The number of benzene rings is 2. The molecule has 0 bridgehead atoms. The number of para-hydroxylation sites is 1. The third-order valence-corrected chi connectivity index (χ3v) is 6.63. The molecular formula is C22H28BrN3O4S. The number of hydrogen-bond acceptors (Lipinski definition) is 4. The van der Waals surface area contributed by atoms with Crippen LogP contribution < -0.4 is 9.62 Å². The summed E-state index contributed by atoms with van der Waals surface area (Å²) in [6.45, 7) is 4.99. The lowest BCUT2D eigenvalue weighted by Crippen LogP contribution is -2.50. The fourth-order valence-corrected chi connectivity index (χ4v) is 4.81. The fraction of sp³-hybridized carbons (Fsp3) is 0.364. The van der Waals surface area contributed by atoms with Gasteiger partial charge in [-0.25, -0.2) is 8.42 Å². The molecule has 0 saturated carbocycles. The van der Waals surface area contributed by atoms with Crippen molar-refractivity contribution in [3.05, 3.63) is 63.6 Å². The summed E-state index contributed by atoms with van der Waals surface area (Å²) in [5.74, 6) is -0.800. The number of halogens is 1. The Morgan fingerprint density at radius 2 is 1.68 bits per heavy atom. The van der Waals surface area contributed by atoms with Crippen LogP contribution in [0, 0.1) is 13.8 Å². The van der Waals surface area contributed by atoms with E-state index in [9.17, 15) is 18.0 Å². The normalized spacial score (nSPS) is 12.2. The monoisotopic (exact) mass is 509 g/mol. The molecule has 31 heavy (non-hydrogen) atoms. The van der Waals surface area contributed by atoms with Gasteiger partial charge in [-0.3, -0.25) is 13.9 Å². The number of anilines is 1. The standard InChI is InChI=1S/C22H28BrN3O4S/c1-15-8-6-9-16(2)21(15)26(31(5,29)30)14-20(27)25(17(3)22(28)24-4)13-18-10-7-11-19(23)12-18/h6-12,17H,13-14H2,1-5H3,(H,24,28)/t17-/m0/s1. The van der Waals surface area contributed by atoms with E-state index >= 15 is 0 Å². The molecule has 0 radical (unpaired) electrons.